The molecule has 1 fully saturated rings. The average molecular weight is 296 g/mol. The van der Waals surface area contributed by atoms with E-state index in [0.29, 0.717) is 37.4 Å². The smallest absolute Gasteiger partial charge is 0.255 e. The third-order valence-electron chi connectivity index (χ3n) is 3.22. The highest BCUT2D eigenvalue weighted by molar-refractivity contribution is 7.89. The third kappa shape index (κ3) is 2.50. The van der Waals surface area contributed by atoms with Gasteiger partial charge in [-0.3, -0.25) is 0 Å². The minimum absolute atomic E-state index is 0.200. The fourth-order valence-corrected chi connectivity index (χ4v) is 3.50. The van der Waals surface area contributed by atoms with E-state index in [9.17, 15) is 8.42 Å². The zero-order chi connectivity index (χ0) is 14.2. The molecule has 1 aliphatic heterocycles. The summed E-state index contributed by atoms with van der Waals surface area (Å²) in [6.45, 7) is 2.10. The van der Waals surface area contributed by atoms with E-state index in [0.717, 1.165) is 5.52 Å². The summed E-state index contributed by atoms with van der Waals surface area (Å²) in [5.74, 6) is 0. The Labute approximate surface area is 116 Å². The first kappa shape index (κ1) is 13.4. The van der Waals surface area contributed by atoms with Crippen molar-refractivity contribution in [1.82, 2.24) is 14.8 Å². The van der Waals surface area contributed by atoms with E-state index in [1.807, 2.05) is 0 Å². The highest BCUT2D eigenvalue weighted by Crippen LogP contribution is 2.24. The third-order valence-corrected chi connectivity index (χ3v) is 4.63. The molecule has 8 heteroatoms. The number of nitrogens with zero attached hydrogens (tertiary/aromatic N) is 1. The van der Waals surface area contributed by atoms with Gasteiger partial charge in [0.2, 0.25) is 0 Å². The molecule has 1 aromatic heterocycles. The monoisotopic (exact) mass is 296 g/mol. The van der Waals surface area contributed by atoms with Gasteiger partial charge in [-0.25, -0.2) is 13.4 Å². The maximum Gasteiger partial charge on any atom is 0.255 e. The van der Waals surface area contributed by atoms with Crippen LogP contribution in [0.15, 0.2) is 29.3 Å². The number of benzene rings is 1. The number of morpholine rings is 1. The number of hydrogen-bond donors (Lipinski definition) is 3. The molecule has 2 heterocycles. The Balaban J connectivity index is 1.94. The van der Waals surface area contributed by atoms with Gasteiger partial charge in [-0.05, 0) is 18.2 Å². The molecule has 0 unspecified atom stereocenters. The highest BCUT2D eigenvalue weighted by Gasteiger charge is 2.23. The molecule has 4 N–H and O–H groups in total. The number of hydrazine groups is 1. The standard InChI is InChI=1S/C12H16N4O3S/c13-9-1-2-11-10(7-9)12(8-14-11)20(17,18)15-16-3-5-19-6-4-16/h1-2,7-8,14-15H,3-6,13H2. The van der Waals surface area contributed by atoms with Gasteiger partial charge in [0.1, 0.15) is 4.90 Å². The largest absolute Gasteiger partial charge is 0.399 e. The van der Waals surface area contributed by atoms with Crippen LogP contribution in [0.1, 0.15) is 0 Å². The van der Waals surface area contributed by atoms with Gasteiger partial charge in [-0.1, -0.05) is 0 Å². The maximum atomic E-state index is 12.4. The molecule has 0 radical (unpaired) electrons. The van der Waals surface area contributed by atoms with Crippen LogP contribution in [-0.4, -0.2) is 44.7 Å². The van der Waals surface area contributed by atoms with Gasteiger partial charge in [0, 0.05) is 35.9 Å². The van der Waals surface area contributed by atoms with E-state index < -0.39 is 10.0 Å². The van der Waals surface area contributed by atoms with Crippen molar-refractivity contribution < 1.29 is 13.2 Å². The number of nitrogens with two attached hydrogens (primary N) is 1. The fraction of sp³-hybridized carbons (Fsp3) is 0.333. The lowest BCUT2D eigenvalue weighted by Gasteiger charge is -2.26. The maximum absolute atomic E-state index is 12.4. The molecular weight excluding hydrogens is 280 g/mol. The SMILES string of the molecule is Nc1ccc2[nH]cc(S(=O)(=O)NN3CCOCC3)c2c1. The summed E-state index contributed by atoms with van der Waals surface area (Å²) in [5, 5.41) is 2.23. The normalized spacial score (nSPS) is 17.6. The van der Waals surface area contributed by atoms with E-state index in [2.05, 4.69) is 9.82 Å². The van der Waals surface area contributed by atoms with Crippen LogP contribution in [-0.2, 0) is 14.8 Å². The van der Waals surface area contributed by atoms with Crippen LogP contribution in [0, 0.1) is 0 Å². The average Bonchev–Trinajstić information content (AvgIpc) is 2.83. The first-order valence-corrected chi connectivity index (χ1v) is 7.76. The molecule has 2 aromatic rings. The summed E-state index contributed by atoms with van der Waals surface area (Å²) < 4.78 is 30.1. The van der Waals surface area contributed by atoms with Gasteiger partial charge in [0.05, 0.1) is 13.2 Å². The molecule has 0 spiro atoms. The van der Waals surface area contributed by atoms with E-state index in [1.165, 1.54) is 6.20 Å². The molecule has 0 atom stereocenters. The Morgan fingerprint density at radius 3 is 2.80 bits per heavy atom. The Morgan fingerprint density at radius 2 is 2.05 bits per heavy atom. The topological polar surface area (TPSA) is 100 Å². The predicted molar refractivity (Wildman–Crippen MR) is 75.4 cm³/mol. The molecule has 0 amide bonds. The zero-order valence-corrected chi connectivity index (χ0v) is 11.6. The summed E-state index contributed by atoms with van der Waals surface area (Å²) in [4.78, 5) is 5.72. The number of ether oxygens (including phenoxy) is 1. The molecule has 108 valence electrons. The number of sulfonamides is 1. The van der Waals surface area contributed by atoms with E-state index in [4.69, 9.17) is 10.5 Å². The molecule has 7 nitrogen and oxygen atoms in total. The minimum atomic E-state index is -3.63. The van der Waals surface area contributed by atoms with Gasteiger partial charge in [0.25, 0.3) is 10.0 Å². The lowest BCUT2D eigenvalue weighted by molar-refractivity contribution is 0.0272. The van der Waals surface area contributed by atoms with Gasteiger partial charge < -0.3 is 15.5 Å². The Bertz CT molecular complexity index is 719. The van der Waals surface area contributed by atoms with Gasteiger partial charge in [-0.2, -0.15) is 0 Å². The van der Waals surface area contributed by atoms with Crippen molar-refractivity contribution in [3.8, 4) is 0 Å². The number of nitrogen functional groups attached to an aromatic ring is 1. The lowest BCUT2D eigenvalue weighted by Crippen LogP contribution is -2.48. The highest BCUT2D eigenvalue weighted by atomic mass is 32.2. The summed E-state index contributed by atoms with van der Waals surface area (Å²) >= 11 is 0. The number of H-pyrrole nitrogens is 1. The number of rotatable bonds is 3. The fourth-order valence-electron chi connectivity index (χ4n) is 2.21. The van der Waals surface area contributed by atoms with Crippen LogP contribution >= 0.6 is 0 Å². The first-order valence-electron chi connectivity index (χ1n) is 6.28. The van der Waals surface area contributed by atoms with Crippen LogP contribution in [0.25, 0.3) is 10.9 Å². The van der Waals surface area contributed by atoms with Crippen molar-refractivity contribution >= 4 is 26.6 Å². The van der Waals surface area contributed by atoms with Gasteiger partial charge in [-0.15, -0.1) is 4.83 Å². The number of anilines is 1. The molecule has 3 rings (SSSR count). The molecule has 1 aromatic carbocycles. The quantitative estimate of drug-likeness (QED) is 0.706. The van der Waals surface area contributed by atoms with Crippen LogP contribution in [0.5, 0.6) is 0 Å². The van der Waals surface area contributed by atoms with Crippen molar-refractivity contribution in [1.29, 1.82) is 0 Å². The van der Waals surface area contributed by atoms with E-state index in [1.54, 1.807) is 23.2 Å². The summed E-state index contributed by atoms with van der Waals surface area (Å²) in [5.41, 5.74) is 6.99. The predicted octanol–water partition coefficient (Wildman–Crippen LogP) is 0.276. The molecule has 0 saturated carbocycles. The summed E-state index contributed by atoms with van der Waals surface area (Å²) in [6.07, 6.45) is 1.48. The summed E-state index contributed by atoms with van der Waals surface area (Å²) in [7, 11) is -3.63. The van der Waals surface area contributed by atoms with Crippen molar-refractivity contribution in [3.05, 3.63) is 24.4 Å². The Morgan fingerprint density at radius 1 is 1.30 bits per heavy atom. The lowest BCUT2D eigenvalue weighted by atomic mass is 10.2. The van der Waals surface area contributed by atoms with Crippen molar-refractivity contribution in [2.24, 2.45) is 0 Å². The number of nitrogens with one attached hydrogen (secondary N) is 2. The summed E-state index contributed by atoms with van der Waals surface area (Å²) in [6, 6.07) is 5.14. The minimum Gasteiger partial charge on any atom is -0.399 e. The van der Waals surface area contributed by atoms with Crippen LogP contribution < -0.4 is 10.6 Å². The number of aromatic amines is 1. The van der Waals surface area contributed by atoms with Crippen molar-refractivity contribution in [2.45, 2.75) is 4.90 Å². The zero-order valence-electron chi connectivity index (χ0n) is 10.8. The number of fused-ring (bicyclic) bond motifs is 1. The molecule has 1 saturated heterocycles. The van der Waals surface area contributed by atoms with Crippen LogP contribution in [0.3, 0.4) is 0 Å². The van der Waals surface area contributed by atoms with Gasteiger partial charge >= 0.3 is 0 Å². The van der Waals surface area contributed by atoms with E-state index in [-0.39, 0.29) is 4.90 Å². The van der Waals surface area contributed by atoms with Crippen molar-refractivity contribution in [3.63, 3.8) is 0 Å². The number of aromatic nitrogens is 1. The number of hydrogen-bond acceptors (Lipinski definition) is 5. The first-order chi connectivity index (χ1) is 9.56. The van der Waals surface area contributed by atoms with Crippen molar-refractivity contribution in [2.75, 3.05) is 32.0 Å². The molecule has 20 heavy (non-hydrogen) atoms. The molecule has 1 aliphatic rings. The molecule has 0 aliphatic carbocycles. The Hall–Kier alpha value is -1.61. The van der Waals surface area contributed by atoms with E-state index >= 15 is 0 Å². The molecule has 0 bridgehead atoms. The second-order valence-corrected chi connectivity index (χ2v) is 6.28. The van der Waals surface area contributed by atoms with Crippen LogP contribution in [0.4, 0.5) is 5.69 Å². The van der Waals surface area contributed by atoms with Gasteiger partial charge in [0.15, 0.2) is 0 Å². The Kier molecular flexibility index (Phi) is 3.38. The van der Waals surface area contributed by atoms with Crippen LogP contribution in [0.2, 0.25) is 0 Å². The second-order valence-electron chi connectivity index (χ2n) is 4.65. The molecular formula is C12H16N4O3S. The second kappa shape index (κ2) is 5.06.